The van der Waals surface area contributed by atoms with Gasteiger partial charge in [0.25, 0.3) is 5.91 Å². The Bertz CT molecular complexity index is 906. The van der Waals surface area contributed by atoms with Crippen LogP contribution in [-0.2, 0) is 35.1 Å². The van der Waals surface area contributed by atoms with E-state index in [2.05, 4.69) is 5.32 Å². The molecule has 1 saturated heterocycles. The van der Waals surface area contributed by atoms with Gasteiger partial charge < -0.3 is 19.0 Å². The number of hydrogen-bond donors (Lipinski definition) is 2. The number of β-lactam (4-membered cyclic amide) rings is 1. The number of carbonyl (C=O) groups is 3. The molecule has 1 aromatic heterocycles. The summed E-state index contributed by atoms with van der Waals surface area (Å²) in [5, 5.41) is 11.3. The van der Waals surface area contributed by atoms with Gasteiger partial charge in [0.15, 0.2) is 11.5 Å². The van der Waals surface area contributed by atoms with Crippen LogP contribution in [0.1, 0.15) is 12.7 Å². The minimum atomic E-state index is -3.93. The predicted molar refractivity (Wildman–Crippen MR) is 92.6 cm³/mol. The molecule has 0 saturated carbocycles. The molecule has 27 heavy (non-hydrogen) atoms. The third kappa shape index (κ3) is 3.81. The first kappa shape index (κ1) is 19.3. The summed E-state index contributed by atoms with van der Waals surface area (Å²) < 4.78 is 33.2. The second kappa shape index (κ2) is 7.27. The van der Waals surface area contributed by atoms with Crippen LogP contribution in [0.4, 0.5) is 0 Å². The van der Waals surface area contributed by atoms with Crippen molar-refractivity contribution >= 4 is 39.7 Å². The topological polar surface area (TPSA) is 143 Å². The van der Waals surface area contributed by atoms with E-state index in [-0.39, 0.29) is 23.7 Å². The van der Waals surface area contributed by atoms with Gasteiger partial charge in [0.1, 0.15) is 17.2 Å². The normalized spacial score (nSPS) is 22.1. The van der Waals surface area contributed by atoms with Gasteiger partial charge in [0, 0.05) is 0 Å². The van der Waals surface area contributed by atoms with Gasteiger partial charge in [-0.05, 0) is 19.1 Å². The molecule has 146 valence electrons. The molecule has 0 bridgehead atoms. The zero-order valence-electron chi connectivity index (χ0n) is 14.1. The summed E-state index contributed by atoms with van der Waals surface area (Å²) in [5.41, 5.74) is -0.516. The Morgan fingerprint density at radius 1 is 1.48 bits per heavy atom. The average Bonchev–Trinajstić information content (AvgIpc) is 3.11. The average molecular weight is 416 g/mol. The lowest BCUT2D eigenvalue weighted by Gasteiger charge is -2.48. The predicted octanol–water partition coefficient (Wildman–Crippen LogP) is -0.115. The van der Waals surface area contributed by atoms with E-state index in [0.717, 1.165) is 16.7 Å². The maximum atomic E-state index is 12.4. The Morgan fingerprint density at radius 3 is 2.81 bits per heavy atom. The fraction of sp³-hybridized carbons (Fsp3) is 0.400. The number of aliphatic carboxylic acids is 1. The van der Waals surface area contributed by atoms with Crippen molar-refractivity contribution in [2.75, 3.05) is 11.5 Å². The number of furan rings is 1. The molecule has 2 amide bonds. The molecule has 0 aromatic carbocycles. The quantitative estimate of drug-likeness (QED) is 0.459. The molecule has 10 nitrogen and oxygen atoms in total. The van der Waals surface area contributed by atoms with Crippen molar-refractivity contribution < 1.29 is 36.5 Å². The third-order valence-corrected chi connectivity index (χ3v) is 6.36. The van der Waals surface area contributed by atoms with Crippen LogP contribution in [0, 0.1) is 0 Å². The number of amides is 2. The van der Waals surface area contributed by atoms with Gasteiger partial charge >= 0.3 is 16.1 Å². The summed E-state index contributed by atoms with van der Waals surface area (Å²) in [4.78, 5) is 37.0. The molecule has 2 aliphatic heterocycles. The van der Waals surface area contributed by atoms with Crippen molar-refractivity contribution in [3.8, 4) is 0 Å². The Kier molecular flexibility index (Phi) is 5.20. The summed E-state index contributed by atoms with van der Waals surface area (Å²) in [6, 6.07) is 2.34. The van der Waals surface area contributed by atoms with Gasteiger partial charge in [-0.1, -0.05) is 0 Å². The van der Waals surface area contributed by atoms with E-state index >= 15 is 0 Å². The number of rotatable bonds is 7. The molecule has 12 heteroatoms. The van der Waals surface area contributed by atoms with E-state index in [4.69, 9.17) is 8.60 Å². The SMILES string of the molecule is CCS(=O)(=O)OC1=C(C(=O)O)N2C(=O)C(NC(=O)Cc3ccco3)[C@@H]2SC1. The van der Waals surface area contributed by atoms with Crippen LogP contribution < -0.4 is 5.32 Å². The highest BCUT2D eigenvalue weighted by Crippen LogP contribution is 2.41. The van der Waals surface area contributed by atoms with E-state index < -0.39 is 45.0 Å². The minimum Gasteiger partial charge on any atom is -0.476 e. The van der Waals surface area contributed by atoms with Gasteiger partial charge in [-0.2, -0.15) is 8.42 Å². The Balaban J connectivity index is 1.75. The number of carboxylic acids is 1. The second-order valence-electron chi connectivity index (χ2n) is 5.72. The highest BCUT2D eigenvalue weighted by atomic mass is 32.2. The van der Waals surface area contributed by atoms with Crippen LogP contribution in [-0.4, -0.2) is 59.1 Å². The molecular formula is C15H16N2O8S2. The fourth-order valence-corrected chi connectivity index (χ4v) is 4.55. The van der Waals surface area contributed by atoms with E-state index in [1.165, 1.54) is 13.2 Å². The number of thioether (sulfide) groups is 1. The van der Waals surface area contributed by atoms with Crippen LogP contribution in [0.25, 0.3) is 0 Å². The lowest BCUT2D eigenvalue weighted by atomic mass is 10.0. The first-order chi connectivity index (χ1) is 12.7. The molecule has 1 fully saturated rings. The molecular weight excluding hydrogens is 400 g/mol. The Labute approximate surface area is 158 Å². The van der Waals surface area contributed by atoms with E-state index in [1.54, 1.807) is 12.1 Å². The number of carbonyl (C=O) groups excluding carboxylic acids is 2. The monoisotopic (exact) mass is 416 g/mol. The molecule has 3 rings (SSSR count). The molecule has 0 spiro atoms. The lowest BCUT2D eigenvalue weighted by molar-refractivity contribution is -0.151. The maximum absolute atomic E-state index is 12.4. The number of carboxylic acid groups (broad SMARTS) is 1. The van der Waals surface area contributed by atoms with Crippen LogP contribution in [0.2, 0.25) is 0 Å². The molecule has 2 aliphatic rings. The van der Waals surface area contributed by atoms with E-state index in [0.29, 0.717) is 5.76 Å². The van der Waals surface area contributed by atoms with Crippen LogP contribution in [0.3, 0.4) is 0 Å². The summed E-state index contributed by atoms with van der Waals surface area (Å²) in [6.07, 6.45) is 1.37. The number of fused-ring (bicyclic) bond motifs is 1. The number of nitrogens with zero attached hydrogens (tertiary/aromatic N) is 1. The summed E-state index contributed by atoms with van der Waals surface area (Å²) in [6.45, 7) is 1.36. The van der Waals surface area contributed by atoms with Crippen LogP contribution in [0.15, 0.2) is 34.3 Å². The highest BCUT2D eigenvalue weighted by Gasteiger charge is 2.55. The van der Waals surface area contributed by atoms with Crippen LogP contribution in [0.5, 0.6) is 0 Å². The zero-order valence-corrected chi connectivity index (χ0v) is 15.7. The summed E-state index contributed by atoms with van der Waals surface area (Å²) in [5.74, 6) is -2.84. The summed E-state index contributed by atoms with van der Waals surface area (Å²) in [7, 11) is -3.93. The van der Waals surface area contributed by atoms with Crippen molar-refractivity contribution in [3.63, 3.8) is 0 Å². The fourth-order valence-electron chi connectivity index (χ4n) is 2.66. The van der Waals surface area contributed by atoms with E-state index in [1.807, 2.05) is 0 Å². The Hall–Kier alpha value is -2.47. The van der Waals surface area contributed by atoms with Crippen molar-refractivity contribution in [2.24, 2.45) is 0 Å². The largest absolute Gasteiger partial charge is 0.476 e. The van der Waals surface area contributed by atoms with Crippen molar-refractivity contribution in [1.82, 2.24) is 10.2 Å². The molecule has 0 radical (unpaired) electrons. The van der Waals surface area contributed by atoms with Crippen molar-refractivity contribution in [2.45, 2.75) is 24.8 Å². The lowest BCUT2D eigenvalue weighted by Crippen LogP contribution is -2.70. The highest BCUT2D eigenvalue weighted by molar-refractivity contribution is 8.00. The van der Waals surface area contributed by atoms with Crippen molar-refractivity contribution in [3.05, 3.63) is 35.6 Å². The number of nitrogens with one attached hydrogen (secondary N) is 1. The van der Waals surface area contributed by atoms with Gasteiger partial charge in [0.2, 0.25) is 5.91 Å². The standard InChI is InChI=1S/C15H16N2O8S2/c1-2-27(22,23)25-9-7-26-14-11(13(19)17(14)12(9)15(20)21)16-10(18)6-8-4-3-5-24-8/h3-5,11,14H,2,6-7H2,1H3,(H,16,18)(H,20,21)/t11?,14-/m0/s1. The molecule has 3 heterocycles. The molecule has 1 unspecified atom stereocenters. The van der Waals surface area contributed by atoms with Crippen molar-refractivity contribution in [1.29, 1.82) is 0 Å². The molecule has 0 aliphatic carbocycles. The van der Waals surface area contributed by atoms with E-state index in [9.17, 15) is 27.9 Å². The number of hydrogen-bond acceptors (Lipinski definition) is 8. The molecule has 2 N–H and O–H groups in total. The van der Waals surface area contributed by atoms with Gasteiger partial charge in [-0.15, -0.1) is 11.8 Å². The minimum absolute atomic E-state index is 0.0557. The van der Waals surface area contributed by atoms with Gasteiger partial charge in [0.05, 0.1) is 24.2 Å². The third-order valence-electron chi connectivity index (χ3n) is 3.95. The van der Waals surface area contributed by atoms with Gasteiger partial charge in [-0.3, -0.25) is 14.5 Å². The molecule has 2 atom stereocenters. The Morgan fingerprint density at radius 2 is 2.22 bits per heavy atom. The maximum Gasteiger partial charge on any atom is 0.356 e. The second-order valence-corrected chi connectivity index (χ2v) is 8.68. The summed E-state index contributed by atoms with van der Waals surface area (Å²) >= 11 is 1.11. The smallest absolute Gasteiger partial charge is 0.356 e. The first-order valence-electron chi connectivity index (χ1n) is 7.88. The molecule has 1 aromatic rings. The van der Waals surface area contributed by atoms with Gasteiger partial charge in [-0.25, -0.2) is 4.79 Å². The first-order valence-corrected chi connectivity index (χ1v) is 10.5. The van der Waals surface area contributed by atoms with Crippen LogP contribution >= 0.6 is 11.8 Å². The zero-order chi connectivity index (χ0) is 19.8.